The second kappa shape index (κ2) is 6.30. The van der Waals surface area contributed by atoms with Crippen molar-refractivity contribution in [2.45, 2.75) is 25.0 Å². The van der Waals surface area contributed by atoms with Gasteiger partial charge in [0.05, 0.1) is 0 Å². The van der Waals surface area contributed by atoms with Gasteiger partial charge in [0.25, 0.3) is 0 Å². The number of nitrogens with zero attached hydrogens (tertiary/aromatic N) is 3. The average molecular weight is 312 g/mol. The first kappa shape index (κ1) is 15.6. The van der Waals surface area contributed by atoms with Gasteiger partial charge in [0.2, 0.25) is 5.91 Å². The zero-order valence-electron chi connectivity index (χ0n) is 11.8. The molecule has 0 N–H and O–H groups in total. The standard InChI is InChI=1S/C14H17N3O3.ClH/c1-16-11(13(18)17-8-2-3-9-17)12(20-14(16)19)10-4-6-15-7-5-10;/h4-7,11-12H,2-3,8-9H2,1H3;1H/t11?,12-;/m0./s1. The number of ether oxygens (including phenoxy) is 1. The van der Waals surface area contributed by atoms with Crippen molar-refractivity contribution in [1.29, 1.82) is 0 Å². The molecule has 1 unspecified atom stereocenters. The van der Waals surface area contributed by atoms with Gasteiger partial charge in [-0.25, -0.2) is 4.79 Å². The van der Waals surface area contributed by atoms with Crippen molar-refractivity contribution in [3.05, 3.63) is 30.1 Å². The highest BCUT2D eigenvalue weighted by molar-refractivity contribution is 5.89. The van der Waals surface area contributed by atoms with E-state index in [1.165, 1.54) is 4.90 Å². The van der Waals surface area contributed by atoms with Gasteiger partial charge in [0, 0.05) is 32.5 Å². The number of likely N-dealkylation sites (N-methyl/N-ethyl adjacent to an activating group) is 1. The highest BCUT2D eigenvalue weighted by Gasteiger charge is 2.46. The number of pyridine rings is 1. The van der Waals surface area contributed by atoms with Gasteiger partial charge < -0.3 is 9.64 Å². The third-order valence-corrected chi connectivity index (χ3v) is 3.93. The predicted molar refractivity (Wildman–Crippen MR) is 78.1 cm³/mol. The van der Waals surface area contributed by atoms with E-state index in [1.54, 1.807) is 31.6 Å². The second-order valence-electron chi connectivity index (χ2n) is 5.17. The van der Waals surface area contributed by atoms with Crippen LogP contribution in [0.25, 0.3) is 0 Å². The first-order valence-corrected chi connectivity index (χ1v) is 6.80. The van der Waals surface area contributed by atoms with Gasteiger partial charge in [-0.2, -0.15) is 0 Å². The fourth-order valence-corrected chi connectivity index (χ4v) is 2.80. The Morgan fingerprint density at radius 1 is 1.29 bits per heavy atom. The SMILES string of the molecule is CN1C(=O)O[C@@H](c2ccncc2)C1C(=O)N1CCCC1.Cl. The summed E-state index contributed by atoms with van der Waals surface area (Å²) in [6.07, 6.45) is 4.32. The molecule has 0 saturated carbocycles. The van der Waals surface area contributed by atoms with Crippen molar-refractivity contribution in [2.24, 2.45) is 0 Å². The molecule has 2 aliphatic rings. The van der Waals surface area contributed by atoms with Gasteiger partial charge in [-0.05, 0) is 30.5 Å². The first-order chi connectivity index (χ1) is 9.68. The molecule has 0 aliphatic carbocycles. The maximum atomic E-state index is 12.6. The van der Waals surface area contributed by atoms with Crippen LogP contribution in [0.5, 0.6) is 0 Å². The minimum absolute atomic E-state index is 0. The Morgan fingerprint density at radius 3 is 2.52 bits per heavy atom. The number of hydrogen-bond acceptors (Lipinski definition) is 4. The van der Waals surface area contributed by atoms with E-state index >= 15 is 0 Å². The zero-order chi connectivity index (χ0) is 14.1. The van der Waals surface area contributed by atoms with E-state index in [2.05, 4.69) is 4.98 Å². The largest absolute Gasteiger partial charge is 0.438 e. The van der Waals surface area contributed by atoms with Crippen LogP contribution in [0.15, 0.2) is 24.5 Å². The van der Waals surface area contributed by atoms with Gasteiger partial charge >= 0.3 is 6.09 Å². The smallest absolute Gasteiger partial charge is 0.411 e. The van der Waals surface area contributed by atoms with Crippen LogP contribution in [0.4, 0.5) is 4.79 Å². The molecular weight excluding hydrogens is 294 g/mol. The number of carbonyl (C=O) groups is 2. The number of hydrogen-bond donors (Lipinski definition) is 0. The molecule has 2 atom stereocenters. The van der Waals surface area contributed by atoms with E-state index < -0.39 is 18.2 Å². The average Bonchev–Trinajstić information content (AvgIpc) is 3.09. The fourth-order valence-electron chi connectivity index (χ4n) is 2.80. The Labute approximate surface area is 129 Å². The number of likely N-dealkylation sites (tertiary alicyclic amines) is 1. The number of aromatic nitrogens is 1. The lowest BCUT2D eigenvalue weighted by molar-refractivity contribution is -0.135. The van der Waals surface area contributed by atoms with Crippen molar-refractivity contribution in [1.82, 2.24) is 14.8 Å². The third-order valence-electron chi connectivity index (χ3n) is 3.93. The normalized spacial score (nSPS) is 24.7. The molecule has 3 heterocycles. The van der Waals surface area contributed by atoms with Crippen molar-refractivity contribution in [3.8, 4) is 0 Å². The topological polar surface area (TPSA) is 62.7 Å². The lowest BCUT2D eigenvalue weighted by Gasteiger charge is -2.25. The van der Waals surface area contributed by atoms with Gasteiger partial charge in [0.15, 0.2) is 12.1 Å². The summed E-state index contributed by atoms with van der Waals surface area (Å²) < 4.78 is 5.36. The lowest BCUT2D eigenvalue weighted by Crippen LogP contribution is -2.46. The monoisotopic (exact) mass is 311 g/mol. The minimum Gasteiger partial charge on any atom is -0.438 e. The molecule has 21 heavy (non-hydrogen) atoms. The molecule has 2 aliphatic heterocycles. The van der Waals surface area contributed by atoms with Crippen LogP contribution in [0, 0.1) is 0 Å². The predicted octanol–water partition coefficient (Wildman–Crippen LogP) is 1.62. The molecule has 0 radical (unpaired) electrons. The molecule has 0 aromatic carbocycles. The van der Waals surface area contributed by atoms with Crippen molar-refractivity contribution in [3.63, 3.8) is 0 Å². The van der Waals surface area contributed by atoms with E-state index in [-0.39, 0.29) is 18.3 Å². The fraction of sp³-hybridized carbons (Fsp3) is 0.500. The molecule has 0 spiro atoms. The highest BCUT2D eigenvalue weighted by Crippen LogP contribution is 2.33. The van der Waals surface area contributed by atoms with E-state index in [0.717, 1.165) is 31.5 Å². The van der Waals surface area contributed by atoms with Crippen LogP contribution in [0.3, 0.4) is 0 Å². The van der Waals surface area contributed by atoms with Gasteiger partial charge in [-0.15, -0.1) is 12.4 Å². The summed E-state index contributed by atoms with van der Waals surface area (Å²) in [5.74, 6) is -0.0299. The molecule has 1 aromatic heterocycles. The lowest BCUT2D eigenvalue weighted by atomic mass is 10.0. The van der Waals surface area contributed by atoms with Crippen LogP contribution in [0.1, 0.15) is 24.5 Å². The number of carbonyl (C=O) groups excluding carboxylic acids is 2. The number of amides is 2. The van der Waals surface area contributed by atoms with Crippen LogP contribution in [-0.4, -0.2) is 53.0 Å². The van der Waals surface area contributed by atoms with Gasteiger partial charge in [-0.3, -0.25) is 14.7 Å². The molecule has 6 nitrogen and oxygen atoms in total. The minimum atomic E-state index is -0.581. The molecule has 3 rings (SSSR count). The van der Waals surface area contributed by atoms with Gasteiger partial charge in [0.1, 0.15) is 0 Å². The molecule has 114 valence electrons. The van der Waals surface area contributed by atoms with Crippen LogP contribution < -0.4 is 0 Å². The maximum absolute atomic E-state index is 12.6. The summed E-state index contributed by atoms with van der Waals surface area (Å²) in [5.41, 5.74) is 0.801. The summed E-state index contributed by atoms with van der Waals surface area (Å²) in [4.78, 5) is 31.6. The zero-order valence-corrected chi connectivity index (χ0v) is 12.6. The molecule has 2 saturated heterocycles. The van der Waals surface area contributed by atoms with E-state index in [9.17, 15) is 9.59 Å². The van der Waals surface area contributed by atoms with E-state index in [4.69, 9.17) is 4.74 Å². The molecule has 1 aromatic rings. The number of cyclic esters (lactones) is 1. The Bertz CT molecular complexity index is 519. The molecule has 7 heteroatoms. The van der Waals surface area contributed by atoms with E-state index in [1.807, 2.05) is 4.90 Å². The first-order valence-electron chi connectivity index (χ1n) is 6.80. The van der Waals surface area contributed by atoms with Crippen molar-refractivity contribution < 1.29 is 14.3 Å². The number of rotatable bonds is 2. The highest BCUT2D eigenvalue weighted by atomic mass is 35.5. The Balaban J connectivity index is 0.00000161. The quantitative estimate of drug-likeness (QED) is 0.832. The molecule has 0 bridgehead atoms. The molecule has 2 amide bonds. The Morgan fingerprint density at radius 2 is 1.90 bits per heavy atom. The Kier molecular flexibility index (Phi) is 4.67. The second-order valence-corrected chi connectivity index (χ2v) is 5.17. The van der Waals surface area contributed by atoms with Gasteiger partial charge in [-0.1, -0.05) is 0 Å². The summed E-state index contributed by atoms with van der Waals surface area (Å²) in [6, 6.07) is 2.98. The van der Waals surface area contributed by atoms with Crippen molar-refractivity contribution in [2.75, 3.05) is 20.1 Å². The van der Waals surface area contributed by atoms with E-state index in [0.29, 0.717) is 0 Å². The molecule has 2 fully saturated rings. The summed E-state index contributed by atoms with van der Waals surface area (Å²) in [7, 11) is 1.61. The number of halogens is 1. The maximum Gasteiger partial charge on any atom is 0.411 e. The Hall–Kier alpha value is -1.82. The van der Waals surface area contributed by atoms with Crippen LogP contribution >= 0.6 is 12.4 Å². The molecular formula is C14H18ClN3O3. The summed E-state index contributed by atoms with van der Waals surface area (Å²) >= 11 is 0. The third kappa shape index (κ3) is 2.81. The summed E-state index contributed by atoms with van der Waals surface area (Å²) in [6.45, 7) is 1.53. The summed E-state index contributed by atoms with van der Waals surface area (Å²) in [5, 5.41) is 0. The van der Waals surface area contributed by atoms with Crippen molar-refractivity contribution >= 4 is 24.4 Å². The van der Waals surface area contributed by atoms with Crippen LogP contribution in [-0.2, 0) is 9.53 Å². The van der Waals surface area contributed by atoms with Crippen LogP contribution in [0.2, 0.25) is 0 Å².